The standard InChI is InChI=1S/C11H12BrN3O2/c1-3-8(12)11-15-14-10(17-11)7-5-4-6-13-9(7)16-2/h4-6,8H,3H2,1-2H3. The first-order valence-electron chi connectivity index (χ1n) is 5.23. The van der Waals surface area contributed by atoms with Crippen molar-refractivity contribution in [3.05, 3.63) is 24.2 Å². The van der Waals surface area contributed by atoms with Crippen LogP contribution in [-0.2, 0) is 0 Å². The first-order valence-corrected chi connectivity index (χ1v) is 6.14. The van der Waals surface area contributed by atoms with Crippen LogP contribution >= 0.6 is 15.9 Å². The molecule has 2 heterocycles. The average Bonchev–Trinajstić information content (AvgIpc) is 2.87. The van der Waals surface area contributed by atoms with E-state index in [1.54, 1.807) is 19.4 Å². The van der Waals surface area contributed by atoms with E-state index in [0.29, 0.717) is 23.2 Å². The van der Waals surface area contributed by atoms with Gasteiger partial charge in [-0.25, -0.2) is 4.98 Å². The zero-order valence-corrected chi connectivity index (χ0v) is 11.1. The van der Waals surface area contributed by atoms with E-state index in [1.165, 1.54) is 0 Å². The van der Waals surface area contributed by atoms with Gasteiger partial charge in [-0.05, 0) is 18.6 Å². The quantitative estimate of drug-likeness (QED) is 0.812. The molecule has 0 N–H and O–H groups in total. The highest BCUT2D eigenvalue weighted by Crippen LogP contribution is 2.30. The molecule has 0 spiro atoms. The fourth-order valence-corrected chi connectivity index (χ4v) is 1.55. The van der Waals surface area contributed by atoms with E-state index in [-0.39, 0.29) is 4.83 Å². The lowest BCUT2D eigenvalue weighted by Gasteiger charge is -2.02. The number of pyridine rings is 1. The molecule has 2 rings (SSSR count). The van der Waals surface area contributed by atoms with Crippen LogP contribution in [0.15, 0.2) is 22.7 Å². The van der Waals surface area contributed by atoms with Crippen LogP contribution in [0.4, 0.5) is 0 Å². The predicted molar refractivity (Wildman–Crippen MR) is 66.0 cm³/mol. The summed E-state index contributed by atoms with van der Waals surface area (Å²) in [7, 11) is 1.56. The molecular weight excluding hydrogens is 286 g/mol. The van der Waals surface area contributed by atoms with E-state index in [9.17, 15) is 0 Å². The maximum atomic E-state index is 5.58. The van der Waals surface area contributed by atoms with Crippen LogP contribution in [0, 0.1) is 0 Å². The van der Waals surface area contributed by atoms with E-state index in [2.05, 4.69) is 31.1 Å². The molecule has 0 saturated carbocycles. The average molecular weight is 298 g/mol. The fourth-order valence-electron chi connectivity index (χ4n) is 1.36. The van der Waals surface area contributed by atoms with Gasteiger partial charge in [0.1, 0.15) is 5.56 Å². The minimum atomic E-state index is 0.0754. The summed E-state index contributed by atoms with van der Waals surface area (Å²) in [6, 6.07) is 3.63. The number of aromatic nitrogens is 3. The number of hydrogen-bond donors (Lipinski definition) is 0. The Balaban J connectivity index is 2.37. The van der Waals surface area contributed by atoms with Gasteiger partial charge in [0, 0.05) is 6.20 Å². The van der Waals surface area contributed by atoms with Crippen molar-refractivity contribution in [3.63, 3.8) is 0 Å². The molecule has 17 heavy (non-hydrogen) atoms. The molecule has 0 aromatic carbocycles. The van der Waals surface area contributed by atoms with E-state index in [0.717, 1.165) is 6.42 Å². The van der Waals surface area contributed by atoms with Gasteiger partial charge in [-0.1, -0.05) is 22.9 Å². The Bertz CT molecular complexity index is 501. The van der Waals surface area contributed by atoms with Crippen LogP contribution in [0.3, 0.4) is 0 Å². The third-order valence-corrected chi connectivity index (χ3v) is 3.30. The molecule has 0 aliphatic heterocycles. The number of alkyl halides is 1. The first kappa shape index (κ1) is 12.0. The van der Waals surface area contributed by atoms with Gasteiger partial charge in [0.2, 0.25) is 11.8 Å². The van der Waals surface area contributed by atoms with E-state index < -0.39 is 0 Å². The molecule has 90 valence electrons. The van der Waals surface area contributed by atoms with Gasteiger partial charge in [0.15, 0.2) is 0 Å². The maximum Gasteiger partial charge on any atom is 0.253 e. The Morgan fingerprint density at radius 3 is 3.00 bits per heavy atom. The minimum absolute atomic E-state index is 0.0754. The lowest BCUT2D eigenvalue weighted by Crippen LogP contribution is -1.90. The van der Waals surface area contributed by atoms with Gasteiger partial charge in [-0.3, -0.25) is 0 Å². The maximum absolute atomic E-state index is 5.58. The molecule has 0 amide bonds. The summed E-state index contributed by atoms with van der Waals surface area (Å²) >= 11 is 3.46. The highest BCUT2D eigenvalue weighted by Gasteiger charge is 2.17. The summed E-state index contributed by atoms with van der Waals surface area (Å²) in [6.45, 7) is 2.04. The normalized spacial score (nSPS) is 12.4. The van der Waals surface area contributed by atoms with E-state index in [4.69, 9.17) is 9.15 Å². The number of methoxy groups -OCH3 is 1. The molecular formula is C11H12BrN3O2. The molecule has 0 aliphatic carbocycles. The number of nitrogens with zero attached hydrogens (tertiary/aromatic N) is 3. The highest BCUT2D eigenvalue weighted by molar-refractivity contribution is 9.09. The van der Waals surface area contributed by atoms with Crippen LogP contribution in [0.1, 0.15) is 24.1 Å². The lowest BCUT2D eigenvalue weighted by molar-refractivity contribution is 0.397. The molecule has 2 aromatic heterocycles. The SMILES string of the molecule is CCC(Br)c1nnc(-c2cccnc2OC)o1. The second-order valence-electron chi connectivity index (χ2n) is 3.38. The summed E-state index contributed by atoms with van der Waals surface area (Å²) in [5.41, 5.74) is 0.699. The minimum Gasteiger partial charge on any atom is -0.480 e. The van der Waals surface area contributed by atoms with Crippen molar-refractivity contribution < 1.29 is 9.15 Å². The molecule has 0 fully saturated rings. The first-order chi connectivity index (χ1) is 8.26. The summed E-state index contributed by atoms with van der Waals surface area (Å²) in [5.74, 6) is 1.46. The van der Waals surface area contributed by atoms with Gasteiger partial charge in [0.25, 0.3) is 5.89 Å². The summed E-state index contributed by atoms with van der Waals surface area (Å²) < 4.78 is 10.7. The summed E-state index contributed by atoms with van der Waals surface area (Å²) in [6.07, 6.45) is 2.53. The van der Waals surface area contributed by atoms with Crippen molar-refractivity contribution >= 4 is 15.9 Å². The predicted octanol–water partition coefficient (Wildman–Crippen LogP) is 2.99. The van der Waals surface area contributed by atoms with Crippen LogP contribution < -0.4 is 4.74 Å². The second kappa shape index (κ2) is 5.27. The van der Waals surface area contributed by atoms with Crippen LogP contribution in [0.2, 0.25) is 0 Å². The van der Waals surface area contributed by atoms with Crippen LogP contribution in [-0.4, -0.2) is 22.3 Å². The Labute approximate surface area is 107 Å². The molecule has 0 radical (unpaired) electrons. The molecule has 0 saturated heterocycles. The fraction of sp³-hybridized carbons (Fsp3) is 0.364. The topological polar surface area (TPSA) is 61.0 Å². The van der Waals surface area contributed by atoms with Crippen molar-refractivity contribution in [1.29, 1.82) is 0 Å². The Morgan fingerprint density at radius 2 is 2.29 bits per heavy atom. The summed E-state index contributed by atoms with van der Waals surface area (Å²) in [5, 5.41) is 7.99. The Hall–Kier alpha value is -1.43. The van der Waals surface area contributed by atoms with Crippen LogP contribution in [0.5, 0.6) is 5.88 Å². The van der Waals surface area contributed by atoms with E-state index in [1.807, 2.05) is 13.0 Å². The third kappa shape index (κ3) is 2.46. The van der Waals surface area contributed by atoms with Crippen molar-refractivity contribution in [2.75, 3.05) is 7.11 Å². The lowest BCUT2D eigenvalue weighted by atomic mass is 10.3. The third-order valence-electron chi connectivity index (χ3n) is 2.26. The monoisotopic (exact) mass is 297 g/mol. The van der Waals surface area contributed by atoms with Crippen molar-refractivity contribution in [2.45, 2.75) is 18.2 Å². The van der Waals surface area contributed by atoms with Crippen LogP contribution in [0.25, 0.3) is 11.5 Å². The van der Waals surface area contributed by atoms with E-state index >= 15 is 0 Å². The van der Waals surface area contributed by atoms with Gasteiger partial charge in [-0.2, -0.15) is 0 Å². The second-order valence-corrected chi connectivity index (χ2v) is 4.49. The van der Waals surface area contributed by atoms with Gasteiger partial charge >= 0.3 is 0 Å². The number of hydrogen-bond acceptors (Lipinski definition) is 5. The number of halogens is 1. The molecule has 6 heteroatoms. The molecule has 2 aromatic rings. The smallest absolute Gasteiger partial charge is 0.253 e. The van der Waals surface area contributed by atoms with Gasteiger partial charge in [0.05, 0.1) is 11.9 Å². The Morgan fingerprint density at radius 1 is 1.47 bits per heavy atom. The zero-order valence-electron chi connectivity index (χ0n) is 9.55. The van der Waals surface area contributed by atoms with Crippen molar-refractivity contribution in [1.82, 2.24) is 15.2 Å². The zero-order chi connectivity index (χ0) is 12.3. The highest BCUT2D eigenvalue weighted by atomic mass is 79.9. The number of rotatable bonds is 4. The van der Waals surface area contributed by atoms with Crippen molar-refractivity contribution in [2.24, 2.45) is 0 Å². The number of ether oxygens (including phenoxy) is 1. The van der Waals surface area contributed by atoms with Gasteiger partial charge < -0.3 is 9.15 Å². The Kier molecular flexibility index (Phi) is 3.73. The van der Waals surface area contributed by atoms with Gasteiger partial charge in [-0.15, -0.1) is 10.2 Å². The molecule has 0 bridgehead atoms. The summed E-state index contributed by atoms with van der Waals surface area (Å²) in [4.78, 5) is 4.16. The largest absolute Gasteiger partial charge is 0.480 e. The van der Waals surface area contributed by atoms with Crippen molar-refractivity contribution in [3.8, 4) is 17.3 Å². The molecule has 5 nitrogen and oxygen atoms in total. The molecule has 1 atom stereocenters. The molecule has 1 unspecified atom stereocenters. The molecule has 0 aliphatic rings.